The lowest BCUT2D eigenvalue weighted by molar-refractivity contribution is 0.795. The van der Waals surface area contributed by atoms with Crippen molar-refractivity contribution >= 4 is 42.3 Å². The Kier molecular flexibility index (Phi) is 4.63. The molecule has 33 heavy (non-hydrogen) atoms. The Morgan fingerprint density at radius 2 is 1.24 bits per heavy atom. The van der Waals surface area contributed by atoms with Crippen molar-refractivity contribution in [3.8, 4) is 22.5 Å². The van der Waals surface area contributed by atoms with Gasteiger partial charge in [0, 0.05) is 43.1 Å². The molecule has 0 aliphatic heterocycles. The van der Waals surface area contributed by atoms with Gasteiger partial charge in [0.2, 0.25) is 0 Å². The van der Waals surface area contributed by atoms with Crippen LogP contribution in [0.5, 0.6) is 0 Å². The van der Waals surface area contributed by atoms with E-state index in [2.05, 4.69) is 96.2 Å². The molecule has 4 nitrogen and oxygen atoms in total. The van der Waals surface area contributed by atoms with Crippen LogP contribution in [0.4, 0.5) is 0 Å². The van der Waals surface area contributed by atoms with Crippen LogP contribution in [0.15, 0.2) is 60.9 Å². The highest BCUT2D eigenvalue weighted by Crippen LogP contribution is 2.40. The Morgan fingerprint density at radius 1 is 0.667 bits per heavy atom. The van der Waals surface area contributed by atoms with E-state index in [-0.39, 0.29) is 0 Å². The molecule has 164 valence electrons. The van der Waals surface area contributed by atoms with Gasteiger partial charge in [-0.1, -0.05) is 64.1 Å². The monoisotopic (exact) mass is 450 g/mol. The molecule has 0 atom stereocenters. The number of benzene rings is 3. The maximum absolute atomic E-state index is 4.54. The van der Waals surface area contributed by atoms with Gasteiger partial charge < -0.3 is 9.97 Å². The molecule has 0 aliphatic rings. The molecular weight excluding hydrogens is 424 g/mol. The van der Waals surface area contributed by atoms with Crippen LogP contribution in [0.3, 0.4) is 0 Å². The van der Waals surface area contributed by atoms with E-state index < -0.39 is 0 Å². The Bertz CT molecular complexity index is 1630. The summed E-state index contributed by atoms with van der Waals surface area (Å²) in [5.41, 5.74) is 4.50. The van der Waals surface area contributed by atoms with Crippen LogP contribution in [0.25, 0.3) is 53.5 Å². The molecular formula is C28H26N4S. The summed E-state index contributed by atoms with van der Waals surface area (Å²) in [5.74, 6) is 2.84. The number of H-pyrrole nitrogens is 2. The molecule has 0 saturated heterocycles. The van der Waals surface area contributed by atoms with Gasteiger partial charge in [-0.15, -0.1) is 11.3 Å². The molecule has 6 aromatic rings. The third-order valence-corrected chi connectivity index (χ3v) is 7.56. The first kappa shape index (κ1) is 20.2. The molecule has 5 heteroatoms. The number of imidazole rings is 2. The Morgan fingerprint density at radius 3 is 1.85 bits per heavy atom. The SMILES string of the molecule is CC(C)c1ncc(-c2ccc3c(ccc4c5ccc(-c6cnc(C(C)C)[nH]6)cc5sc34)c2)[nH]1. The second kappa shape index (κ2) is 7.56. The Hall–Kier alpha value is -3.44. The van der Waals surface area contributed by atoms with E-state index in [0.29, 0.717) is 11.8 Å². The molecule has 2 N–H and O–H groups in total. The highest BCUT2D eigenvalue weighted by Gasteiger charge is 2.13. The van der Waals surface area contributed by atoms with Crippen molar-refractivity contribution in [2.24, 2.45) is 0 Å². The number of fused-ring (bicyclic) bond motifs is 5. The highest BCUT2D eigenvalue weighted by molar-refractivity contribution is 7.26. The molecule has 0 fully saturated rings. The quantitative estimate of drug-likeness (QED) is 0.284. The third-order valence-electron chi connectivity index (χ3n) is 6.36. The Labute approximate surface area is 196 Å². The number of hydrogen-bond donors (Lipinski definition) is 2. The Balaban J connectivity index is 1.45. The number of thiophene rings is 1. The maximum Gasteiger partial charge on any atom is 0.109 e. The first-order valence-electron chi connectivity index (χ1n) is 11.5. The highest BCUT2D eigenvalue weighted by atomic mass is 32.1. The van der Waals surface area contributed by atoms with Crippen molar-refractivity contribution in [3.63, 3.8) is 0 Å². The van der Waals surface area contributed by atoms with Gasteiger partial charge in [0.15, 0.2) is 0 Å². The van der Waals surface area contributed by atoms with Crippen molar-refractivity contribution in [2.45, 2.75) is 39.5 Å². The van der Waals surface area contributed by atoms with E-state index in [1.807, 2.05) is 23.7 Å². The largest absolute Gasteiger partial charge is 0.342 e. The number of hydrogen-bond acceptors (Lipinski definition) is 3. The first-order valence-corrected chi connectivity index (χ1v) is 12.3. The standard InChI is InChI=1S/C28H26N4S/c1-15(2)27-29-13-23(31-27)18-6-8-20-17(11-18)5-10-22-21-9-7-19(12-25(21)33-26(20)22)24-14-30-28(32-24)16(3)4/h5-16H,1-4H3,(H,29,31)(H,30,32). The number of rotatable bonds is 4. The molecule has 0 unspecified atom stereocenters. The number of aromatic amines is 2. The zero-order valence-electron chi connectivity index (χ0n) is 19.2. The van der Waals surface area contributed by atoms with Crippen molar-refractivity contribution < 1.29 is 0 Å². The van der Waals surface area contributed by atoms with Crippen molar-refractivity contribution in [1.29, 1.82) is 0 Å². The molecule has 0 radical (unpaired) electrons. The van der Waals surface area contributed by atoms with Crippen LogP contribution in [0.2, 0.25) is 0 Å². The van der Waals surface area contributed by atoms with Crippen molar-refractivity contribution in [3.05, 3.63) is 72.6 Å². The molecule has 3 aromatic heterocycles. The lowest BCUT2D eigenvalue weighted by atomic mass is 10.0. The minimum Gasteiger partial charge on any atom is -0.342 e. The minimum atomic E-state index is 0.390. The summed E-state index contributed by atoms with van der Waals surface area (Å²) in [5, 5.41) is 5.18. The summed E-state index contributed by atoms with van der Waals surface area (Å²) >= 11 is 1.87. The van der Waals surface area contributed by atoms with Crippen molar-refractivity contribution in [1.82, 2.24) is 19.9 Å². The van der Waals surface area contributed by atoms with E-state index >= 15 is 0 Å². The molecule has 0 saturated carbocycles. The second-order valence-electron chi connectivity index (χ2n) is 9.36. The van der Waals surface area contributed by atoms with E-state index in [0.717, 1.165) is 23.0 Å². The predicted octanol–water partition coefficient (Wildman–Crippen LogP) is 8.23. The zero-order chi connectivity index (χ0) is 22.7. The average molecular weight is 451 g/mol. The van der Waals surface area contributed by atoms with Gasteiger partial charge in [-0.05, 0) is 22.9 Å². The van der Waals surface area contributed by atoms with Gasteiger partial charge in [-0.3, -0.25) is 0 Å². The summed E-state index contributed by atoms with van der Waals surface area (Å²) in [6, 6.07) is 18.0. The fourth-order valence-electron chi connectivity index (χ4n) is 4.45. The fourth-order valence-corrected chi connectivity index (χ4v) is 5.73. The van der Waals surface area contributed by atoms with Crippen LogP contribution < -0.4 is 0 Å². The van der Waals surface area contributed by atoms with Gasteiger partial charge in [0.1, 0.15) is 11.6 Å². The molecule has 0 spiro atoms. The normalized spacial score (nSPS) is 12.2. The van der Waals surface area contributed by atoms with E-state index in [1.165, 1.54) is 42.1 Å². The third kappa shape index (κ3) is 3.35. The van der Waals surface area contributed by atoms with Crippen LogP contribution in [0.1, 0.15) is 51.2 Å². The number of nitrogens with one attached hydrogen (secondary N) is 2. The summed E-state index contributed by atoms with van der Waals surface area (Å²) in [6.45, 7) is 8.62. The number of nitrogens with zero attached hydrogens (tertiary/aromatic N) is 2. The molecule has 6 rings (SSSR count). The second-order valence-corrected chi connectivity index (χ2v) is 10.4. The first-order chi connectivity index (χ1) is 16.0. The van der Waals surface area contributed by atoms with Gasteiger partial charge >= 0.3 is 0 Å². The molecule has 0 aliphatic carbocycles. The van der Waals surface area contributed by atoms with Gasteiger partial charge in [-0.25, -0.2) is 9.97 Å². The van der Waals surface area contributed by atoms with Crippen molar-refractivity contribution in [2.75, 3.05) is 0 Å². The minimum absolute atomic E-state index is 0.390. The molecule has 3 heterocycles. The summed E-state index contributed by atoms with van der Waals surface area (Å²) in [4.78, 5) is 16.0. The lowest BCUT2D eigenvalue weighted by Crippen LogP contribution is -1.89. The summed E-state index contributed by atoms with van der Waals surface area (Å²) in [6.07, 6.45) is 3.89. The number of aromatic nitrogens is 4. The zero-order valence-corrected chi connectivity index (χ0v) is 20.0. The average Bonchev–Trinajstić information content (AvgIpc) is 3.56. The predicted molar refractivity (Wildman–Crippen MR) is 140 cm³/mol. The van der Waals surface area contributed by atoms with Crippen LogP contribution in [0, 0.1) is 0 Å². The van der Waals surface area contributed by atoms with Crippen LogP contribution in [-0.4, -0.2) is 19.9 Å². The molecule has 0 amide bonds. The van der Waals surface area contributed by atoms with Crippen LogP contribution >= 0.6 is 11.3 Å². The molecule has 3 aromatic carbocycles. The topological polar surface area (TPSA) is 57.4 Å². The van der Waals surface area contributed by atoms with E-state index in [9.17, 15) is 0 Å². The molecule has 0 bridgehead atoms. The summed E-state index contributed by atoms with van der Waals surface area (Å²) < 4.78 is 2.64. The van der Waals surface area contributed by atoms with E-state index in [1.54, 1.807) is 0 Å². The maximum atomic E-state index is 4.54. The van der Waals surface area contributed by atoms with Gasteiger partial charge in [0.05, 0.1) is 23.8 Å². The van der Waals surface area contributed by atoms with E-state index in [4.69, 9.17) is 0 Å². The van der Waals surface area contributed by atoms with Gasteiger partial charge in [0.25, 0.3) is 0 Å². The fraction of sp³-hybridized carbons (Fsp3) is 0.214. The smallest absolute Gasteiger partial charge is 0.109 e. The lowest BCUT2D eigenvalue weighted by Gasteiger charge is -2.04. The van der Waals surface area contributed by atoms with Crippen LogP contribution in [-0.2, 0) is 0 Å². The summed E-state index contributed by atoms with van der Waals surface area (Å²) in [7, 11) is 0. The van der Waals surface area contributed by atoms with Gasteiger partial charge in [-0.2, -0.15) is 0 Å².